The molecular weight excluding hydrogens is 290 g/mol. The lowest BCUT2D eigenvalue weighted by Crippen LogP contribution is -2.07. The number of nitrogens with zero attached hydrogens (tertiary/aromatic N) is 3. The Balaban J connectivity index is 2.18. The van der Waals surface area contributed by atoms with E-state index in [9.17, 15) is 4.79 Å². The van der Waals surface area contributed by atoms with Gasteiger partial charge in [0.25, 0.3) is 0 Å². The van der Waals surface area contributed by atoms with E-state index in [-0.39, 0.29) is 0 Å². The summed E-state index contributed by atoms with van der Waals surface area (Å²) in [5.41, 5.74) is 2.67. The highest BCUT2D eigenvalue weighted by atomic mass is 16.4. The van der Waals surface area contributed by atoms with E-state index in [4.69, 9.17) is 4.42 Å². The molecule has 4 aromatic rings. The fourth-order valence-corrected chi connectivity index (χ4v) is 2.66. The van der Waals surface area contributed by atoms with Crippen LogP contribution in [-0.2, 0) is 0 Å². The zero-order chi connectivity index (χ0) is 15.6. The molecule has 0 saturated heterocycles. The summed E-state index contributed by atoms with van der Waals surface area (Å²) in [6, 6.07) is 18.5. The molecule has 0 saturated carbocycles. The van der Waals surface area contributed by atoms with Crippen molar-refractivity contribution < 1.29 is 4.42 Å². The summed E-state index contributed by atoms with van der Waals surface area (Å²) in [4.78, 5) is 12.6. The number of fused-ring (bicyclic) bond motifs is 1. The van der Waals surface area contributed by atoms with E-state index in [0.717, 1.165) is 10.9 Å². The van der Waals surface area contributed by atoms with Gasteiger partial charge in [0.2, 0.25) is 0 Å². The predicted molar refractivity (Wildman–Crippen MR) is 86.7 cm³/mol. The van der Waals surface area contributed by atoms with Crippen LogP contribution in [-0.4, -0.2) is 15.4 Å². The predicted octanol–water partition coefficient (Wildman–Crippen LogP) is 3.31. The third-order valence-corrected chi connectivity index (χ3v) is 3.63. The molecule has 0 aliphatic rings. The molecule has 0 N–H and O–H groups in total. The van der Waals surface area contributed by atoms with Crippen molar-refractivity contribution in [2.24, 2.45) is 0 Å². The Bertz CT molecular complexity index is 1030. The van der Waals surface area contributed by atoms with Gasteiger partial charge in [-0.2, -0.15) is 0 Å². The van der Waals surface area contributed by atoms with Gasteiger partial charge in [-0.1, -0.05) is 48.5 Å². The Labute approximate surface area is 131 Å². The van der Waals surface area contributed by atoms with Gasteiger partial charge in [-0.3, -0.25) is 0 Å². The number of para-hydroxylation sites is 1. The highest BCUT2D eigenvalue weighted by Gasteiger charge is 2.18. The summed E-state index contributed by atoms with van der Waals surface area (Å²) in [5, 5.41) is 12.3. The second kappa shape index (κ2) is 5.46. The summed E-state index contributed by atoms with van der Waals surface area (Å²) in [6.07, 6.45) is 1.56. The van der Waals surface area contributed by atoms with Gasteiger partial charge in [0.15, 0.2) is 0 Å². The van der Waals surface area contributed by atoms with Crippen LogP contribution in [0.2, 0.25) is 0 Å². The first-order valence-electron chi connectivity index (χ1n) is 7.10. The monoisotopic (exact) mass is 301 g/mol. The van der Waals surface area contributed by atoms with Crippen LogP contribution >= 0.6 is 0 Å². The van der Waals surface area contributed by atoms with Gasteiger partial charge in [-0.05, 0) is 22.9 Å². The topological polar surface area (TPSA) is 68.9 Å². The molecule has 2 aromatic heterocycles. The molecule has 23 heavy (non-hydrogen) atoms. The Hall–Kier alpha value is -3.34. The van der Waals surface area contributed by atoms with Gasteiger partial charge in [-0.15, -0.1) is 10.2 Å². The molecule has 0 bridgehead atoms. The van der Waals surface area contributed by atoms with Gasteiger partial charge < -0.3 is 4.42 Å². The molecule has 0 unspecified atom stereocenters. The zero-order valence-corrected chi connectivity index (χ0v) is 12.0. The van der Waals surface area contributed by atoms with Crippen LogP contribution in [0.4, 0.5) is 0 Å². The zero-order valence-electron chi connectivity index (χ0n) is 12.0. The fraction of sp³-hybridized carbons (Fsp3) is 0. The molecule has 0 radical (unpaired) electrons. The standard InChI is InChI=1S/C18H11N3O2/c22-18-16(12-6-2-1-3-7-12)17(14-10-11-19-21-20-14)13-8-4-5-9-15(13)23-18/h1-11H. The second-order valence-electron chi connectivity index (χ2n) is 5.01. The molecular formula is C18H11N3O2. The summed E-state index contributed by atoms with van der Waals surface area (Å²) in [7, 11) is 0. The third-order valence-electron chi connectivity index (χ3n) is 3.63. The summed E-state index contributed by atoms with van der Waals surface area (Å²) in [6.45, 7) is 0. The molecule has 5 nitrogen and oxygen atoms in total. The highest BCUT2D eigenvalue weighted by molar-refractivity contribution is 5.99. The second-order valence-corrected chi connectivity index (χ2v) is 5.01. The Morgan fingerprint density at radius 2 is 1.61 bits per heavy atom. The van der Waals surface area contributed by atoms with E-state index in [1.807, 2.05) is 48.5 Å². The first-order valence-corrected chi connectivity index (χ1v) is 7.10. The van der Waals surface area contributed by atoms with Gasteiger partial charge in [0.05, 0.1) is 17.5 Å². The van der Waals surface area contributed by atoms with Crippen LogP contribution in [0.1, 0.15) is 0 Å². The third kappa shape index (κ3) is 2.28. The minimum atomic E-state index is -0.400. The highest BCUT2D eigenvalue weighted by Crippen LogP contribution is 2.34. The van der Waals surface area contributed by atoms with Crippen molar-refractivity contribution in [1.29, 1.82) is 0 Å². The van der Waals surface area contributed by atoms with Gasteiger partial charge >= 0.3 is 5.63 Å². The molecule has 4 rings (SSSR count). The van der Waals surface area contributed by atoms with Crippen molar-refractivity contribution in [1.82, 2.24) is 15.4 Å². The minimum absolute atomic E-state index is 0.400. The largest absolute Gasteiger partial charge is 0.422 e. The lowest BCUT2D eigenvalue weighted by molar-refractivity contribution is 0.564. The number of rotatable bonds is 2. The average Bonchev–Trinajstić information content (AvgIpc) is 2.62. The molecule has 0 aliphatic heterocycles. The van der Waals surface area contributed by atoms with Crippen molar-refractivity contribution in [3.8, 4) is 22.4 Å². The fourth-order valence-electron chi connectivity index (χ4n) is 2.66. The first-order chi connectivity index (χ1) is 11.3. The van der Waals surface area contributed by atoms with Crippen molar-refractivity contribution in [2.45, 2.75) is 0 Å². The Morgan fingerprint density at radius 1 is 0.826 bits per heavy atom. The lowest BCUT2D eigenvalue weighted by atomic mass is 9.96. The van der Waals surface area contributed by atoms with E-state index in [2.05, 4.69) is 15.4 Å². The van der Waals surface area contributed by atoms with Gasteiger partial charge in [-0.25, -0.2) is 4.79 Å². The van der Waals surface area contributed by atoms with Crippen molar-refractivity contribution in [3.05, 3.63) is 77.3 Å². The van der Waals surface area contributed by atoms with Crippen molar-refractivity contribution >= 4 is 11.0 Å². The van der Waals surface area contributed by atoms with E-state index < -0.39 is 5.63 Å². The summed E-state index contributed by atoms with van der Waals surface area (Å²) < 4.78 is 5.49. The molecule has 2 heterocycles. The minimum Gasteiger partial charge on any atom is -0.422 e. The number of hydrogen-bond acceptors (Lipinski definition) is 5. The SMILES string of the molecule is O=c1oc2ccccc2c(-c2ccnnn2)c1-c1ccccc1. The quantitative estimate of drug-likeness (QED) is 0.531. The van der Waals surface area contributed by atoms with Gasteiger partial charge in [0, 0.05) is 10.9 Å². The molecule has 0 fully saturated rings. The lowest BCUT2D eigenvalue weighted by Gasteiger charge is -2.10. The maximum atomic E-state index is 12.6. The summed E-state index contributed by atoms with van der Waals surface area (Å²) >= 11 is 0. The molecule has 0 aliphatic carbocycles. The summed E-state index contributed by atoms with van der Waals surface area (Å²) in [5.74, 6) is 0. The molecule has 5 heteroatoms. The van der Waals surface area contributed by atoms with E-state index in [0.29, 0.717) is 22.4 Å². The number of aromatic nitrogens is 3. The normalized spacial score (nSPS) is 10.8. The van der Waals surface area contributed by atoms with Crippen LogP contribution in [0.5, 0.6) is 0 Å². The van der Waals surface area contributed by atoms with E-state index >= 15 is 0 Å². The molecule has 0 amide bonds. The van der Waals surface area contributed by atoms with E-state index in [1.54, 1.807) is 18.3 Å². The van der Waals surface area contributed by atoms with Crippen LogP contribution in [0.15, 0.2) is 76.1 Å². The van der Waals surface area contributed by atoms with Crippen molar-refractivity contribution in [2.75, 3.05) is 0 Å². The first kappa shape index (κ1) is 13.3. The molecule has 0 spiro atoms. The van der Waals surface area contributed by atoms with E-state index in [1.165, 1.54) is 0 Å². The Morgan fingerprint density at radius 3 is 2.39 bits per heavy atom. The molecule has 0 atom stereocenters. The number of benzene rings is 2. The average molecular weight is 301 g/mol. The van der Waals surface area contributed by atoms with Crippen molar-refractivity contribution in [3.63, 3.8) is 0 Å². The Kier molecular flexibility index (Phi) is 3.16. The molecule has 2 aromatic carbocycles. The molecule has 110 valence electrons. The van der Waals surface area contributed by atoms with Gasteiger partial charge in [0.1, 0.15) is 5.58 Å². The van der Waals surface area contributed by atoms with Crippen LogP contribution in [0, 0.1) is 0 Å². The number of hydrogen-bond donors (Lipinski definition) is 0. The smallest absolute Gasteiger partial charge is 0.344 e. The maximum absolute atomic E-state index is 12.6. The van der Waals surface area contributed by atoms with Crippen LogP contribution in [0.3, 0.4) is 0 Å². The maximum Gasteiger partial charge on any atom is 0.344 e. The van der Waals surface area contributed by atoms with Crippen LogP contribution in [0.25, 0.3) is 33.4 Å². The van der Waals surface area contributed by atoms with Crippen LogP contribution < -0.4 is 5.63 Å².